The van der Waals surface area contributed by atoms with E-state index in [0.717, 1.165) is 80.8 Å². The number of rotatable bonds is 8. The number of anilines is 4. The molecule has 4 aliphatic heterocycles. The summed E-state index contributed by atoms with van der Waals surface area (Å²) in [6.45, 7) is 11.7. The van der Waals surface area contributed by atoms with E-state index in [0.29, 0.717) is 58.5 Å². The lowest BCUT2D eigenvalue weighted by Crippen LogP contribution is -2.47. The van der Waals surface area contributed by atoms with E-state index in [1.165, 1.54) is 21.7 Å². The van der Waals surface area contributed by atoms with Gasteiger partial charge in [-0.2, -0.15) is 10.1 Å². The predicted octanol–water partition coefficient (Wildman–Crippen LogP) is 8.92. The molecule has 3 N–H and O–H groups in total. The SMILES string of the molecule is C=C1CCC(c2nn(C)c3cc(C4CCN(C[C@@H]5CCN(c6ncc(Cl)c(Nc7ccc8c(c7)c7c(c(=O)n8C)CCC(F)(F)C(C8CC8)N7)n6)CC5F)CC4)ccc23)C(=C)N1. The quantitative estimate of drug-likeness (QED) is 0.141. The molecule has 3 unspecified atom stereocenters. The molecule has 3 aromatic heterocycles. The zero-order valence-electron chi connectivity index (χ0n) is 35.4. The van der Waals surface area contributed by atoms with E-state index in [2.05, 4.69) is 57.2 Å². The number of nitrogens with one attached hydrogen (secondary N) is 3. The Bertz CT molecular complexity index is 2650. The van der Waals surface area contributed by atoms with E-state index in [9.17, 15) is 4.79 Å². The van der Waals surface area contributed by atoms with Crippen LogP contribution in [-0.4, -0.2) is 80.1 Å². The monoisotopic (exact) mass is 866 g/mol. The number of halogens is 4. The standard InChI is InChI=1S/C47H54ClF3N10O/c1-26-5-10-33(27(2)53-26)42-34-11-8-30(21-40(34)59(4)57-42)28-14-18-60(19-15-28)24-31-16-20-61(25-38(31)49)46-52-23-37(48)44(56-46)54-32-9-12-39-36(22-32)41-35(45(62)58(39)3)13-17-47(50,51)43(55-41)29-6-7-29/h8-9,11-12,21-23,28-29,31,33,38,43,53,55H,1-2,5-7,10,13-20,24-25H2,3-4H3,(H,52,54,56)/t31-,33?,38?,43?/m0/s1. The molecule has 7 heterocycles. The Kier molecular flexibility index (Phi) is 10.5. The molecule has 1 saturated carbocycles. The van der Waals surface area contributed by atoms with Crippen LogP contribution in [0.2, 0.25) is 5.02 Å². The second-order valence-electron chi connectivity index (χ2n) is 18.4. The highest BCUT2D eigenvalue weighted by Crippen LogP contribution is 2.46. The molecule has 5 aromatic rings. The van der Waals surface area contributed by atoms with Crippen LogP contribution in [0.3, 0.4) is 0 Å². The fourth-order valence-electron chi connectivity index (χ4n) is 10.5. The minimum absolute atomic E-state index is 0.00985. The second-order valence-corrected chi connectivity index (χ2v) is 18.8. The Morgan fingerprint density at radius 1 is 0.968 bits per heavy atom. The highest BCUT2D eigenvalue weighted by Gasteiger charge is 2.50. The maximum absolute atomic E-state index is 16.0. The minimum Gasteiger partial charge on any atom is -0.375 e. The molecule has 3 saturated heterocycles. The number of aromatic nitrogens is 5. The van der Waals surface area contributed by atoms with Crippen LogP contribution in [-0.2, 0) is 20.5 Å². The first-order valence-electron chi connectivity index (χ1n) is 22.1. The van der Waals surface area contributed by atoms with Crippen LogP contribution in [0.5, 0.6) is 0 Å². The Hall–Kier alpha value is -5.08. The van der Waals surface area contributed by atoms with Gasteiger partial charge in [-0.3, -0.25) is 9.48 Å². The van der Waals surface area contributed by atoms with Crippen LogP contribution < -0.4 is 26.4 Å². The van der Waals surface area contributed by atoms with Crippen LogP contribution >= 0.6 is 11.6 Å². The molecular formula is C47H54ClF3N10O. The van der Waals surface area contributed by atoms with Crippen LogP contribution in [0.4, 0.5) is 36.3 Å². The molecule has 4 atom stereocenters. The van der Waals surface area contributed by atoms with E-state index in [1.54, 1.807) is 13.1 Å². The van der Waals surface area contributed by atoms with Crippen molar-refractivity contribution < 1.29 is 13.2 Å². The van der Waals surface area contributed by atoms with Crippen LogP contribution in [0, 0.1) is 11.8 Å². The average Bonchev–Trinajstić information content (AvgIpc) is 4.06. The van der Waals surface area contributed by atoms with Gasteiger partial charge in [0, 0.05) is 78.9 Å². The lowest BCUT2D eigenvalue weighted by molar-refractivity contribution is -0.0305. The maximum Gasteiger partial charge on any atom is 0.268 e. The van der Waals surface area contributed by atoms with Gasteiger partial charge in [-0.25, -0.2) is 18.2 Å². The van der Waals surface area contributed by atoms with E-state index in [-0.39, 0.29) is 47.7 Å². The first-order valence-corrected chi connectivity index (χ1v) is 22.5. The normalized spacial score (nSPS) is 24.8. The van der Waals surface area contributed by atoms with E-state index >= 15 is 13.2 Å². The molecule has 0 radical (unpaired) electrons. The zero-order chi connectivity index (χ0) is 43.0. The van der Waals surface area contributed by atoms with Gasteiger partial charge in [0.1, 0.15) is 11.2 Å². The molecule has 62 heavy (non-hydrogen) atoms. The molecule has 4 fully saturated rings. The van der Waals surface area contributed by atoms with Crippen molar-refractivity contribution in [2.24, 2.45) is 25.9 Å². The molecule has 0 bridgehead atoms. The molecule has 0 spiro atoms. The number of hydrogen-bond acceptors (Lipinski definition) is 9. The van der Waals surface area contributed by atoms with Crippen molar-refractivity contribution in [3.8, 4) is 0 Å². The Labute approximate surface area is 364 Å². The molecule has 0 amide bonds. The summed E-state index contributed by atoms with van der Waals surface area (Å²) in [5.74, 6) is -1.79. The Morgan fingerprint density at radius 3 is 2.53 bits per heavy atom. The molecule has 2 aromatic carbocycles. The summed E-state index contributed by atoms with van der Waals surface area (Å²) in [5, 5.41) is 16.8. The largest absolute Gasteiger partial charge is 0.375 e. The summed E-state index contributed by atoms with van der Waals surface area (Å²) in [6.07, 6.45) is 6.17. The summed E-state index contributed by atoms with van der Waals surface area (Å²) in [7, 11) is 3.69. The van der Waals surface area contributed by atoms with Crippen LogP contribution in [0.15, 0.2) is 71.9 Å². The van der Waals surface area contributed by atoms with Gasteiger partial charge in [0.15, 0.2) is 5.82 Å². The number of allylic oxidation sites excluding steroid dienone is 2. The average molecular weight is 867 g/mol. The third-order valence-electron chi connectivity index (χ3n) is 14.3. The molecule has 15 heteroatoms. The summed E-state index contributed by atoms with van der Waals surface area (Å²) in [6, 6.07) is 11.2. The third-order valence-corrected chi connectivity index (χ3v) is 14.6. The first-order chi connectivity index (χ1) is 29.8. The number of benzene rings is 2. The number of pyridine rings is 1. The topological polar surface area (TPSA) is 108 Å². The van der Waals surface area contributed by atoms with Gasteiger partial charge >= 0.3 is 0 Å². The smallest absolute Gasteiger partial charge is 0.268 e. The number of nitrogens with zero attached hydrogens (tertiary/aromatic N) is 7. The van der Waals surface area contributed by atoms with E-state index in [1.807, 2.05) is 28.8 Å². The van der Waals surface area contributed by atoms with Crippen molar-refractivity contribution in [3.63, 3.8) is 0 Å². The van der Waals surface area contributed by atoms with Crippen molar-refractivity contribution >= 4 is 56.5 Å². The Morgan fingerprint density at radius 2 is 1.77 bits per heavy atom. The zero-order valence-corrected chi connectivity index (χ0v) is 36.1. The van der Waals surface area contributed by atoms with Gasteiger partial charge in [-0.15, -0.1) is 0 Å². The van der Waals surface area contributed by atoms with Gasteiger partial charge in [-0.05, 0) is 106 Å². The highest BCUT2D eigenvalue weighted by atomic mass is 35.5. The second kappa shape index (κ2) is 15.9. The summed E-state index contributed by atoms with van der Waals surface area (Å²) >= 11 is 6.62. The number of hydrogen-bond donors (Lipinski definition) is 3. The highest BCUT2D eigenvalue weighted by molar-refractivity contribution is 6.33. The molecule has 10 rings (SSSR count). The van der Waals surface area contributed by atoms with Crippen molar-refractivity contribution in [1.82, 2.24) is 34.5 Å². The summed E-state index contributed by atoms with van der Waals surface area (Å²) in [4.78, 5) is 26.9. The van der Waals surface area contributed by atoms with Crippen LogP contribution in [0.25, 0.3) is 21.8 Å². The van der Waals surface area contributed by atoms with Crippen molar-refractivity contribution in [2.75, 3.05) is 48.3 Å². The van der Waals surface area contributed by atoms with Gasteiger partial charge in [0.05, 0.1) is 41.2 Å². The molecule has 326 valence electrons. The van der Waals surface area contributed by atoms with Gasteiger partial charge in [-0.1, -0.05) is 36.9 Å². The predicted molar refractivity (Wildman–Crippen MR) is 241 cm³/mol. The summed E-state index contributed by atoms with van der Waals surface area (Å²) < 4.78 is 50.1. The number of piperidine rings is 3. The van der Waals surface area contributed by atoms with Crippen LogP contribution in [0.1, 0.15) is 80.0 Å². The molecular weight excluding hydrogens is 813 g/mol. The van der Waals surface area contributed by atoms with Crippen molar-refractivity contribution in [2.45, 2.75) is 87.8 Å². The fourth-order valence-corrected chi connectivity index (χ4v) is 10.7. The van der Waals surface area contributed by atoms with Crippen molar-refractivity contribution in [1.29, 1.82) is 0 Å². The minimum atomic E-state index is -2.92. The van der Waals surface area contributed by atoms with E-state index < -0.39 is 18.1 Å². The lowest BCUT2D eigenvalue weighted by atomic mass is 9.86. The van der Waals surface area contributed by atoms with Gasteiger partial charge < -0.3 is 30.3 Å². The third kappa shape index (κ3) is 7.60. The van der Waals surface area contributed by atoms with Gasteiger partial charge in [0.2, 0.25) is 5.95 Å². The van der Waals surface area contributed by atoms with Crippen molar-refractivity contribution in [3.05, 3.63) is 99.3 Å². The Balaban J connectivity index is 0.777. The molecule has 5 aliphatic rings. The number of likely N-dealkylation sites (tertiary alicyclic amines) is 1. The first kappa shape index (κ1) is 41.0. The number of fused-ring (bicyclic) bond motifs is 4. The number of alkyl halides is 3. The molecule has 11 nitrogen and oxygen atoms in total. The maximum atomic E-state index is 16.0. The van der Waals surface area contributed by atoms with E-state index in [4.69, 9.17) is 21.7 Å². The molecule has 1 aliphatic carbocycles. The number of aryl methyl sites for hydroxylation is 2. The summed E-state index contributed by atoms with van der Waals surface area (Å²) in [5.41, 5.74) is 7.35. The lowest BCUT2D eigenvalue weighted by Gasteiger charge is -2.39. The van der Waals surface area contributed by atoms with Gasteiger partial charge in [0.25, 0.3) is 11.5 Å². The fraction of sp³-hybridized carbons (Fsp3) is 0.489.